The van der Waals surface area contributed by atoms with Crippen LogP contribution < -0.4 is 0 Å². The van der Waals surface area contributed by atoms with Gasteiger partial charge in [0.2, 0.25) is 0 Å². The first-order valence-corrected chi connectivity index (χ1v) is 6.11. The monoisotopic (exact) mass is 220 g/mol. The van der Waals surface area contributed by atoms with Crippen LogP contribution in [0, 0.1) is 0 Å². The van der Waals surface area contributed by atoms with Gasteiger partial charge in [-0.25, -0.2) is 0 Å². The Bertz CT molecular complexity index is 354. The minimum absolute atomic E-state index is 0.236. The van der Waals surface area contributed by atoms with Crippen LogP contribution >= 0.6 is 0 Å². The van der Waals surface area contributed by atoms with E-state index in [0.717, 1.165) is 31.4 Å². The zero-order chi connectivity index (χ0) is 11.6. The van der Waals surface area contributed by atoms with Crippen molar-refractivity contribution >= 4 is 0 Å². The Morgan fingerprint density at radius 1 is 1.38 bits per heavy atom. The first-order valence-electron chi connectivity index (χ1n) is 6.11. The summed E-state index contributed by atoms with van der Waals surface area (Å²) in [6.07, 6.45) is 2.71. The third-order valence-corrected chi connectivity index (χ3v) is 3.41. The van der Waals surface area contributed by atoms with E-state index in [2.05, 4.69) is 19.1 Å². The van der Waals surface area contributed by atoms with Gasteiger partial charge in [0.1, 0.15) is 0 Å². The smallest absolute Gasteiger partial charge is 0.0946 e. The molecule has 1 aromatic rings. The van der Waals surface area contributed by atoms with E-state index in [9.17, 15) is 5.11 Å². The van der Waals surface area contributed by atoms with Gasteiger partial charge in [0, 0.05) is 19.4 Å². The van der Waals surface area contributed by atoms with Gasteiger partial charge >= 0.3 is 0 Å². The molecule has 0 bridgehead atoms. The highest BCUT2D eigenvalue weighted by atomic mass is 16.5. The second-order valence-electron chi connectivity index (χ2n) is 4.57. The molecule has 0 heterocycles. The van der Waals surface area contributed by atoms with Crippen molar-refractivity contribution in [1.29, 1.82) is 0 Å². The van der Waals surface area contributed by atoms with Crippen LogP contribution in [-0.4, -0.2) is 17.8 Å². The molecule has 0 radical (unpaired) electrons. The third kappa shape index (κ3) is 2.13. The van der Waals surface area contributed by atoms with E-state index in [1.807, 2.05) is 19.1 Å². The Morgan fingerprint density at radius 3 is 2.75 bits per heavy atom. The first-order chi connectivity index (χ1) is 7.68. The van der Waals surface area contributed by atoms with Crippen LogP contribution in [0.25, 0.3) is 0 Å². The molecule has 2 nitrogen and oxygen atoms in total. The molecule has 1 N–H and O–H groups in total. The number of aryl methyl sites for hydroxylation is 1. The Balaban J connectivity index is 2.07. The molecular formula is C14H20O2. The Kier molecular flexibility index (Phi) is 3.31. The average molecular weight is 220 g/mol. The van der Waals surface area contributed by atoms with E-state index < -0.39 is 5.60 Å². The fraction of sp³-hybridized carbons (Fsp3) is 0.571. The number of ether oxygens (including phenoxy) is 1. The van der Waals surface area contributed by atoms with Crippen LogP contribution in [0.5, 0.6) is 0 Å². The van der Waals surface area contributed by atoms with Crippen molar-refractivity contribution in [3.05, 3.63) is 35.4 Å². The third-order valence-electron chi connectivity index (χ3n) is 3.41. The molecule has 1 saturated carbocycles. The SMILES string of the molecule is CCOC1CC(O)(c2cccc(CC)c2)C1. The predicted molar refractivity (Wildman–Crippen MR) is 64.4 cm³/mol. The van der Waals surface area contributed by atoms with Crippen LogP contribution in [0.3, 0.4) is 0 Å². The van der Waals surface area contributed by atoms with Gasteiger partial charge in [0.15, 0.2) is 0 Å². The zero-order valence-electron chi connectivity index (χ0n) is 10.1. The molecule has 0 unspecified atom stereocenters. The average Bonchev–Trinajstić information content (AvgIpc) is 2.27. The standard InChI is InChI=1S/C14H20O2/c1-3-11-6-5-7-12(8-11)14(15)9-13(10-14)16-4-2/h5-8,13,15H,3-4,9-10H2,1-2H3. The van der Waals surface area contributed by atoms with Crippen molar-refractivity contribution in [3.8, 4) is 0 Å². The molecule has 1 aliphatic carbocycles. The van der Waals surface area contributed by atoms with E-state index >= 15 is 0 Å². The number of benzene rings is 1. The van der Waals surface area contributed by atoms with Gasteiger partial charge < -0.3 is 9.84 Å². The molecule has 1 aromatic carbocycles. The number of hydrogen-bond donors (Lipinski definition) is 1. The molecule has 16 heavy (non-hydrogen) atoms. The van der Waals surface area contributed by atoms with Crippen molar-refractivity contribution in [1.82, 2.24) is 0 Å². The van der Waals surface area contributed by atoms with Crippen molar-refractivity contribution in [2.24, 2.45) is 0 Å². The van der Waals surface area contributed by atoms with Gasteiger partial charge in [-0.1, -0.05) is 31.2 Å². The van der Waals surface area contributed by atoms with E-state index in [1.54, 1.807) is 0 Å². The van der Waals surface area contributed by atoms with Crippen LogP contribution in [0.15, 0.2) is 24.3 Å². The second-order valence-corrected chi connectivity index (χ2v) is 4.57. The Morgan fingerprint density at radius 2 is 2.12 bits per heavy atom. The Labute approximate surface area is 97.3 Å². The lowest BCUT2D eigenvalue weighted by molar-refractivity contribution is -0.142. The maximum absolute atomic E-state index is 10.4. The van der Waals surface area contributed by atoms with Gasteiger partial charge in [0.05, 0.1) is 11.7 Å². The first kappa shape index (κ1) is 11.6. The molecule has 2 heteroatoms. The fourth-order valence-corrected chi connectivity index (χ4v) is 2.36. The fourth-order valence-electron chi connectivity index (χ4n) is 2.36. The summed E-state index contributed by atoms with van der Waals surface area (Å²) in [7, 11) is 0. The molecule has 0 aromatic heterocycles. The number of hydrogen-bond acceptors (Lipinski definition) is 2. The summed E-state index contributed by atoms with van der Waals surface area (Å²) in [6, 6.07) is 8.26. The van der Waals surface area contributed by atoms with E-state index in [4.69, 9.17) is 4.74 Å². The van der Waals surface area contributed by atoms with Crippen molar-refractivity contribution in [3.63, 3.8) is 0 Å². The highest BCUT2D eigenvalue weighted by Gasteiger charge is 2.44. The summed E-state index contributed by atoms with van der Waals surface area (Å²) in [5.41, 5.74) is 1.68. The van der Waals surface area contributed by atoms with Gasteiger partial charge in [-0.05, 0) is 24.5 Å². The normalized spacial score (nSPS) is 28.8. The van der Waals surface area contributed by atoms with Gasteiger partial charge in [-0.15, -0.1) is 0 Å². The summed E-state index contributed by atoms with van der Waals surface area (Å²) in [5, 5.41) is 10.4. The number of aliphatic hydroxyl groups is 1. The summed E-state index contributed by atoms with van der Waals surface area (Å²) < 4.78 is 5.49. The maximum Gasteiger partial charge on any atom is 0.0946 e. The summed E-state index contributed by atoms with van der Waals surface area (Å²) in [6.45, 7) is 4.86. The highest BCUT2D eigenvalue weighted by Crippen LogP contribution is 2.43. The second kappa shape index (κ2) is 4.56. The molecule has 0 atom stereocenters. The maximum atomic E-state index is 10.4. The lowest BCUT2D eigenvalue weighted by atomic mass is 9.72. The van der Waals surface area contributed by atoms with Crippen molar-refractivity contribution in [2.75, 3.05) is 6.61 Å². The van der Waals surface area contributed by atoms with E-state index in [-0.39, 0.29) is 6.10 Å². The Hall–Kier alpha value is -0.860. The summed E-state index contributed by atoms with van der Waals surface area (Å²) in [5.74, 6) is 0. The molecule has 1 fully saturated rings. The molecule has 1 aliphatic rings. The lowest BCUT2D eigenvalue weighted by Gasteiger charge is -2.43. The van der Waals surface area contributed by atoms with Gasteiger partial charge in [-0.2, -0.15) is 0 Å². The van der Waals surface area contributed by atoms with Gasteiger partial charge in [0.25, 0.3) is 0 Å². The lowest BCUT2D eigenvalue weighted by Crippen LogP contribution is -2.45. The molecule has 2 rings (SSSR count). The van der Waals surface area contributed by atoms with E-state index in [1.165, 1.54) is 5.56 Å². The minimum atomic E-state index is -0.648. The highest BCUT2D eigenvalue weighted by molar-refractivity contribution is 5.30. The minimum Gasteiger partial charge on any atom is -0.385 e. The number of rotatable bonds is 4. The molecular weight excluding hydrogens is 200 g/mol. The zero-order valence-corrected chi connectivity index (χ0v) is 10.1. The molecule has 0 spiro atoms. The van der Waals surface area contributed by atoms with Gasteiger partial charge in [-0.3, -0.25) is 0 Å². The summed E-state index contributed by atoms with van der Waals surface area (Å²) in [4.78, 5) is 0. The van der Waals surface area contributed by atoms with E-state index in [0.29, 0.717) is 0 Å². The predicted octanol–water partition coefficient (Wildman–Crippen LogP) is 2.64. The van der Waals surface area contributed by atoms with Crippen LogP contribution in [0.2, 0.25) is 0 Å². The topological polar surface area (TPSA) is 29.5 Å². The van der Waals surface area contributed by atoms with Crippen LogP contribution in [-0.2, 0) is 16.8 Å². The molecule has 0 aliphatic heterocycles. The van der Waals surface area contributed by atoms with Crippen LogP contribution in [0.1, 0.15) is 37.8 Å². The largest absolute Gasteiger partial charge is 0.385 e. The van der Waals surface area contributed by atoms with Crippen molar-refractivity contribution in [2.45, 2.75) is 44.8 Å². The summed E-state index contributed by atoms with van der Waals surface area (Å²) >= 11 is 0. The van der Waals surface area contributed by atoms with Crippen molar-refractivity contribution < 1.29 is 9.84 Å². The molecule has 0 amide bonds. The van der Waals surface area contributed by atoms with Crippen LogP contribution in [0.4, 0.5) is 0 Å². The molecule has 88 valence electrons. The molecule has 0 saturated heterocycles. The quantitative estimate of drug-likeness (QED) is 0.845.